The molecule has 3 atom stereocenters. The Morgan fingerprint density at radius 1 is 1.02 bits per heavy atom. The van der Waals surface area contributed by atoms with Gasteiger partial charge in [0.25, 0.3) is 11.8 Å². The third-order valence-corrected chi connectivity index (χ3v) is 8.73. The van der Waals surface area contributed by atoms with Gasteiger partial charge >= 0.3 is 0 Å². The lowest BCUT2D eigenvalue weighted by Gasteiger charge is -2.35. The van der Waals surface area contributed by atoms with Crippen molar-refractivity contribution >= 4 is 34.5 Å². The molecule has 0 spiro atoms. The molecule has 0 saturated carbocycles. The van der Waals surface area contributed by atoms with Crippen molar-refractivity contribution in [3.05, 3.63) is 89.8 Å². The van der Waals surface area contributed by atoms with E-state index in [4.69, 9.17) is 4.98 Å². The molecule has 2 aliphatic heterocycles. The highest BCUT2D eigenvalue weighted by Gasteiger charge is 2.43. The number of para-hydroxylation sites is 1. The molecule has 11 heteroatoms. The van der Waals surface area contributed by atoms with E-state index in [1.807, 2.05) is 18.2 Å². The zero-order chi connectivity index (χ0) is 31.7. The van der Waals surface area contributed by atoms with Crippen LogP contribution in [-0.2, 0) is 20.8 Å². The van der Waals surface area contributed by atoms with Gasteiger partial charge in [-0.25, -0.2) is 18.8 Å². The highest BCUT2D eigenvalue weighted by molar-refractivity contribution is 6.41. The molecule has 45 heavy (non-hydrogen) atoms. The van der Waals surface area contributed by atoms with Crippen LogP contribution in [0.1, 0.15) is 43.6 Å². The van der Waals surface area contributed by atoms with Gasteiger partial charge in [-0.2, -0.15) is 0 Å². The number of nitrogens with one attached hydrogen (secondary N) is 2. The van der Waals surface area contributed by atoms with Crippen LogP contribution in [-0.4, -0.2) is 75.4 Å². The maximum Gasteiger partial charge on any atom is 0.271 e. The largest absolute Gasteiger partial charge is 0.340 e. The summed E-state index contributed by atoms with van der Waals surface area (Å²) in [6.45, 7) is 1.91. The normalized spacial score (nSPS) is 20.3. The van der Waals surface area contributed by atoms with Gasteiger partial charge in [-0.15, -0.1) is 0 Å². The molecule has 9 nitrogen and oxygen atoms in total. The predicted molar refractivity (Wildman–Crippen MR) is 166 cm³/mol. The molecule has 2 fully saturated rings. The van der Waals surface area contributed by atoms with Gasteiger partial charge in [0, 0.05) is 18.2 Å². The second kappa shape index (κ2) is 12.7. The Kier molecular flexibility index (Phi) is 8.53. The number of aliphatic imine (C=N–C) groups is 1. The Bertz CT molecular complexity index is 1770. The Morgan fingerprint density at radius 3 is 2.44 bits per heavy atom. The summed E-state index contributed by atoms with van der Waals surface area (Å²) in [6, 6.07) is 16.5. The summed E-state index contributed by atoms with van der Waals surface area (Å²) < 4.78 is 27.0. The van der Waals surface area contributed by atoms with Crippen LogP contribution in [0.15, 0.2) is 71.7 Å². The lowest BCUT2D eigenvalue weighted by molar-refractivity contribution is -0.132. The topological polar surface area (TPSA) is 111 Å². The first kappa shape index (κ1) is 30.3. The van der Waals surface area contributed by atoms with Crippen molar-refractivity contribution in [3.8, 4) is 11.1 Å². The van der Waals surface area contributed by atoms with Crippen LogP contribution in [0.25, 0.3) is 22.2 Å². The number of hydrogen-bond acceptors (Lipinski definition) is 5. The lowest BCUT2D eigenvalue weighted by atomic mass is 10.0. The number of nitrogens with zero attached hydrogens (tertiary/aromatic N) is 4. The van der Waals surface area contributed by atoms with Crippen molar-refractivity contribution in [1.29, 1.82) is 0 Å². The fourth-order valence-electron chi connectivity index (χ4n) is 6.13. The maximum atomic E-state index is 14.3. The van der Waals surface area contributed by atoms with E-state index in [-0.39, 0.29) is 48.3 Å². The second-order valence-corrected chi connectivity index (χ2v) is 11.6. The summed E-state index contributed by atoms with van der Waals surface area (Å²) in [5.41, 5.74) is 3.82. The minimum atomic E-state index is -0.621. The van der Waals surface area contributed by atoms with Crippen molar-refractivity contribution in [1.82, 2.24) is 25.1 Å². The first-order valence-electron chi connectivity index (χ1n) is 15.1. The Labute approximate surface area is 259 Å². The van der Waals surface area contributed by atoms with Gasteiger partial charge in [0.1, 0.15) is 23.2 Å². The SMILES string of the molecule is CN[C@@H](C)C(=O)N=C1CN(C(=O)Cc2ccc(F)cc2)CC[C@H]2CC[C@@H](c3nc4c(-c5ccc(F)cc5)cccc4[nH]3)N2C1=O. The fraction of sp³-hybridized carbons (Fsp3) is 0.324. The molecule has 0 bridgehead atoms. The van der Waals surface area contributed by atoms with Gasteiger partial charge in [-0.1, -0.05) is 36.4 Å². The number of aromatic amines is 1. The average Bonchev–Trinajstić information content (AvgIpc) is 3.66. The van der Waals surface area contributed by atoms with Gasteiger partial charge < -0.3 is 20.1 Å². The van der Waals surface area contributed by atoms with Crippen LogP contribution in [0.2, 0.25) is 0 Å². The zero-order valence-electron chi connectivity index (χ0n) is 25.1. The summed E-state index contributed by atoms with van der Waals surface area (Å²) >= 11 is 0. The van der Waals surface area contributed by atoms with E-state index in [1.165, 1.54) is 24.3 Å². The number of hydrogen-bond donors (Lipinski definition) is 2. The molecule has 3 amide bonds. The highest BCUT2D eigenvalue weighted by Crippen LogP contribution is 2.39. The third-order valence-electron chi connectivity index (χ3n) is 8.73. The number of aromatic nitrogens is 2. The van der Waals surface area contributed by atoms with Crippen LogP contribution in [0.3, 0.4) is 0 Å². The summed E-state index contributed by atoms with van der Waals surface area (Å²) in [5.74, 6) is -1.23. The predicted octanol–water partition coefficient (Wildman–Crippen LogP) is 4.59. The van der Waals surface area contributed by atoms with E-state index in [0.717, 1.165) is 16.6 Å². The standard InChI is InChI=1S/C34H34F2N6O3/c1-20(37-2)33(44)39-28-19-41(30(43)18-21-6-10-23(35)11-7-21)17-16-25-14-15-29(42(25)34(28)45)32-38-27-5-3-4-26(31(27)40-32)22-8-12-24(36)13-9-22/h3-13,20,25,29,37H,14-19H2,1-2H3,(H,38,40)/t20-,25+,29-/m0/s1. The van der Waals surface area contributed by atoms with Crippen LogP contribution >= 0.6 is 0 Å². The molecule has 3 heterocycles. The van der Waals surface area contributed by atoms with Crippen molar-refractivity contribution in [2.45, 2.75) is 50.7 Å². The molecule has 2 aliphatic rings. The molecular formula is C34H34F2N6O3. The van der Waals surface area contributed by atoms with E-state index in [9.17, 15) is 23.2 Å². The number of imidazole rings is 1. The summed E-state index contributed by atoms with van der Waals surface area (Å²) in [5, 5.41) is 2.86. The molecule has 4 aromatic rings. The molecular weight excluding hydrogens is 578 g/mol. The van der Waals surface area contributed by atoms with E-state index in [0.29, 0.717) is 42.7 Å². The number of fused-ring (bicyclic) bond motifs is 2. The Morgan fingerprint density at radius 2 is 1.73 bits per heavy atom. The molecule has 6 rings (SSSR count). The van der Waals surface area contributed by atoms with E-state index in [2.05, 4.69) is 15.3 Å². The van der Waals surface area contributed by atoms with Crippen LogP contribution in [0, 0.1) is 11.6 Å². The second-order valence-electron chi connectivity index (χ2n) is 11.6. The molecule has 0 unspecified atom stereocenters. The molecule has 0 radical (unpaired) electrons. The monoisotopic (exact) mass is 612 g/mol. The van der Waals surface area contributed by atoms with Crippen molar-refractivity contribution in [3.63, 3.8) is 0 Å². The fourth-order valence-corrected chi connectivity index (χ4v) is 6.13. The van der Waals surface area contributed by atoms with Crippen LogP contribution in [0.4, 0.5) is 8.78 Å². The smallest absolute Gasteiger partial charge is 0.271 e. The van der Waals surface area contributed by atoms with Gasteiger partial charge in [0.15, 0.2) is 0 Å². The number of halogens is 2. The molecule has 2 saturated heterocycles. The number of H-pyrrole nitrogens is 1. The summed E-state index contributed by atoms with van der Waals surface area (Å²) in [6.07, 6.45) is 1.91. The minimum absolute atomic E-state index is 0.00531. The first-order chi connectivity index (χ1) is 21.7. The molecule has 232 valence electrons. The van der Waals surface area contributed by atoms with Crippen molar-refractivity contribution in [2.24, 2.45) is 4.99 Å². The van der Waals surface area contributed by atoms with Crippen molar-refractivity contribution < 1.29 is 23.2 Å². The van der Waals surface area contributed by atoms with Crippen LogP contribution < -0.4 is 5.32 Å². The van der Waals surface area contributed by atoms with E-state index < -0.39 is 17.9 Å². The zero-order valence-corrected chi connectivity index (χ0v) is 25.1. The number of benzene rings is 3. The van der Waals surface area contributed by atoms with Gasteiger partial charge in [0.05, 0.1) is 36.1 Å². The van der Waals surface area contributed by atoms with E-state index >= 15 is 0 Å². The van der Waals surface area contributed by atoms with Crippen molar-refractivity contribution in [2.75, 3.05) is 20.1 Å². The number of rotatable bonds is 6. The van der Waals surface area contributed by atoms with Gasteiger partial charge in [-0.05, 0) is 74.7 Å². The third kappa shape index (κ3) is 6.26. The van der Waals surface area contributed by atoms with Crippen LogP contribution in [0.5, 0.6) is 0 Å². The summed E-state index contributed by atoms with van der Waals surface area (Å²) in [4.78, 5) is 56.6. The average molecular weight is 613 g/mol. The molecule has 1 aromatic heterocycles. The summed E-state index contributed by atoms with van der Waals surface area (Å²) in [7, 11) is 1.63. The Hall–Kier alpha value is -4.77. The number of carbonyl (C=O) groups excluding carboxylic acids is 3. The van der Waals surface area contributed by atoms with Gasteiger partial charge in [-0.3, -0.25) is 14.4 Å². The molecule has 0 aliphatic carbocycles. The maximum absolute atomic E-state index is 14.3. The molecule has 2 N–H and O–H groups in total. The number of carbonyl (C=O) groups is 3. The number of likely N-dealkylation sites (N-methyl/N-ethyl adjacent to an activating group) is 1. The lowest BCUT2D eigenvalue weighted by Crippen LogP contribution is -2.51. The Balaban J connectivity index is 1.32. The number of amides is 3. The first-order valence-corrected chi connectivity index (χ1v) is 15.1. The van der Waals surface area contributed by atoms with E-state index in [1.54, 1.807) is 48.0 Å². The van der Waals surface area contributed by atoms with Gasteiger partial charge in [0.2, 0.25) is 5.91 Å². The molecule has 3 aromatic carbocycles. The highest BCUT2D eigenvalue weighted by atomic mass is 19.1. The quantitative estimate of drug-likeness (QED) is 0.331. The minimum Gasteiger partial charge on any atom is -0.340 e.